The smallest absolute Gasteiger partial charge is 0.175 e. The van der Waals surface area contributed by atoms with Gasteiger partial charge < -0.3 is 0 Å². The van der Waals surface area contributed by atoms with Crippen LogP contribution in [0.1, 0.15) is 12.5 Å². The molecule has 0 unspecified atom stereocenters. The van der Waals surface area contributed by atoms with Crippen LogP contribution in [0.5, 0.6) is 0 Å². The van der Waals surface area contributed by atoms with Crippen LogP contribution < -0.4 is 0 Å². The molecular weight excluding hydrogens is 172 g/mol. The molecule has 0 aliphatic carbocycles. The van der Waals surface area contributed by atoms with Gasteiger partial charge in [-0.1, -0.05) is 25.1 Å². The van der Waals surface area contributed by atoms with E-state index in [0.717, 1.165) is 12.0 Å². The molecule has 0 amide bonds. The molecule has 0 spiro atoms. The highest BCUT2D eigenvalue weighted by atomic mass is 32.2. The van der Waals surface area contributed by atoms with Crippen molar-refractivity contribution < 1.29 is 8.42 Å². The highest BCUT2D eigenvalue weighted by Gasteiger charge is 2.09. The third-order valence-electron chi connectivity index (χ3n) is 1.75. The molecule has 0 aliphatic heterocycles. The van der Waals surface area contributed by atoms with Gasteiger partial charge in [0.15, 0.2) is 9.84 Å². The Balaban J connectivity index is 3.33. The summed E-state index contributed by atoms with van der Waals surface area (Å²) in [6.45, 7) is 1.95. The number of hydrogen-bond donors (Lipinski definition) is 0. The summed E-state index contributed by atoms with van der Waals surface area (Å²) in [5, 5.41) is 0. The Hall–Kier alpha value is -0.830. The normalized spacial score (nSPS) is 11.5. The van der Waals surface area contributed by atoms with Crippen molar-refractivity contribution in [3.05, 3.63) is 29.8 Å². The predicted molar refractivity (Wildman–Crippen MR) is 48.9 cm³/mol. The molecule has 12 heavy (non-hydrogen) atoms. The average Bonchev–Trinajstić information content (AvgIpc) is 2.03. The van der Waals surface area contributed by atoms with E-state index in [2.05, 4.69) is 0 Å². The van der Waals surface area contributed by atoms with E-state index in [4.69, 9.17) is 0 Å². The van der Waals surface area contributed by atoms with Gasteiger partial charge in [-0.05, 0) is 18.1 Å². The Bertz CT molecular complexity index is 366. The third kappa shape index (κ3) is 1.85. The predicted octanol–water partition coefficient (Wildman–Crippen LogP) is 1.65. The second-order valence-corrected chi connectivity index (χ2v) is 4.72. The molecule has 3 heteroatoms. The van der Waals surface area contributed by atoms with Crippen LogP contribution in [0.4, 0.5) is 0 Å². The Morgan fingerprint density at radius 3 is 2.25 bits per heavy atom. The van der Waals surface area contributed by atoms with Crippen molar-refractivity contribution in [1.29, 1.82) is 0 Å². The maximum absolute atomic E-state index is 11.2. The van der Waals surface area contributed by atoms with Crippen LogP contribution in [0.25, 0.3) is 0 Å². The average molecular weight is 184 g/mol. The fraction of sp³-hybridized carbons (Fsp3) is 0.333. The lowest BCUT2D eigenvalue weighted by atomic mass is 10.2. The van der Waals surface area contributed by atoms with Crippen LogP contribution in [0.3, 0.4) is 0 Å². The van der Waals surface area contributed by atoms with Gasteiger partial charge in [-0.3, -0.25) is 0 Å². The molecule has 0 saturated heterocycles. The maximum atomic E-state index is 11.2. The number of hydrogen-bond acceptors (Lipinski definition) is 2. The summed E-state index contributed by atoms with van der Waals surface area (Å²) in [5.74, 6) is 0. The van der Waals surface area contributed by atoms with Crippen LogP contribution in [-0.2, 0) is 16.3 Å². The Kier molecular flexibility index (Phi) is 2.52. The Labute approximate surface area is 73.2 Å². The van der Waals surface area contributed by atoms with Crippen molar-refractivity contribution in [2.45, 2.75) is 18.2 Å². The molecule has 66 valence electrons. The van der Waals surface area contributed by atoms with Crippen LogP contribution in [0.2, 0.25) is 0 Å². The standard InChI is InChI=1S/C9H12O2S/c1-3-8-6-4-5-7-9(8)12(2,10)11/h4-7H,3H2,1-2H3. The van der Waals surface area contributed by atoms with E-state index in [0.29, 0.717) is 4.90 Å². The molecule has 1 aromatic rings. The van der Waals surface area contributed by atoms with Crippen molar-refractivity contribution in [2.75, 3.05) is 6.26 Å². The molecule has 0 saturated carbocycles. The summed E-state index contributed by atoms with van der Waals surface area (Å²) < 4.78 is 22.4. The molecule has 0 heterocycles. The number of benzene rings is 1. The molecule has 0 fully saturated rings. The number of sulfone groups is 1. The third-order valence-corrected chi connectivity index (χ3v) is 2.95. The quantitative estimate of drug-likeness (QED) is 0.700. The first kappa shape index (κ1) is 9.26. The van der Waals surface area contributed by atoms with Gasteiger partial charge in [0.1, 0.15) is 0 Å². The van der Waals surface area contributed by atoms with Crippen LogP contribution >= 0.6 is 0 Å². The highest BCUT2D eigenvalue weighted by Crippen LogP contribution is 2.14. The van der Waals surface area contributed by atoms with Gasteiger partial charge in [0.05, 0.1) is 4.90 Å². The minimum Gasteiger partial charge on any atom is -0.224 e. The zero-order chi connectivity index (χ0) is 9.19. The first-order valence-corrected chi connectivity index (χ1v) is 5.73. The van der Waals surface area contributed by atoms with Crippen LogP contribution in [-0.4, -0.2) is 14.7 Å². The van der Waals surface area contributed by atoms with Crippen LogP contribution in [0, 0.1) is 0 Å². The lowest BCUT2D eigenvalue weighted by molar-refractivity contribution is 0.601. The molecular formula is C9H12O2S. The van der Waals surface area contributed by atoms with Gasteiger partial charge >= 0.3 is 0 Å². The van der Waals surface area contributed by atoms with E-state index in [1.807, 2.05) is 19.1 Å². The molecule has 0 radical (unpaired) electrons. The monoisotopic (exact) mass is 184 g/mol. The van der Waals surface area contributed by atoms with E-state index < -0.39 is 9.84 Å². The summed E-state index contributed by atoms with van der Waals surface area (Å²) in [4.78, 5) is 0.451. The second kappa shape index (κ2) is 3.27. The fourth-order valence-corrected chi connectivity index (χ4v) is 2.17. The molecule has 0 atom stereocenters. The van der Waals surface area contributed by atoms with Gasteiger partial charge in [-0.25, -0.2) is 8.42 Å². The first-order chi connectivity index (χ1) is 5.55. The summed E-state index contributed by atoms with van der Waals surface area (Å²) >= 11 is 0. The lowest BCUT2D eigenvalue weighted by Crippen LogP contribution is -2.00. The first-order valence-electron chi connectivity index (χ1n) is 3.83. The minimum atomic E-state index is -3.05. The molecule has 1 rings (SSSR count). The second-order valence-electron chi connectivity index (χ2n) is 2.73. The number of rotatable bonds is 2. The van der Waals surface area contributed by atoms with Gasteiger partial charge in [0, 0.05) is 6.26 Å². The molecule has 0 aliphatic rings. The SMILES string of the molecule is CCc1ccccc1S(C)(=O)=O. The van der Waals surface area contributed by atoms with E-state index in [9.17, 15) is 8.42 Å². The van der Waals surface area contributed by atoms with Gasteiger partial charge in [0.25, 0.3) is 0 Å². The van der Waals surface area contributed by atoms with Crippen molar-refractivity contribution in [1.82, 2.24) is 0 Å². The topological polar surface area (TPSA) is 34.1 Å². The molecule has 0 bridgehead atoms. The fourth-order valence-electron chi connectivity index (χ4n) is 1.16. The molecule has 2 nitrogen and oxygen atoms in total. The van der Waals surface area contributed by atoms with E-state index >= 15 is 0 Å². The van der Waals surface area contributed by atoms with E-state index in [1.54, 1.807) is 12.1 Å². The zero-order valence-electron chi connectivity index (χ0n) is 7.24. The Morgan fingerprint density at radius 1 is 1.25 bits per heavy atom. The molecule has 0 N–H and O–H groups in total. The van der Waals surface area contributed by atoms with Crippen LogP contribution in [0.15, 0.2) is 29.2 Å². The number of aryl methyl sites for hydroxylation is 1. The lowest BCUT2D eigenvalue weighted by Gasteiger charge is -2.03. The van der Waals surface area contributed by atoms with Crippen molar-refractivity contribution in [2.24, 2.45) is 0 Å². The van der Waals surface area contributed by atoms with Crippen molar-refractivity contribution in [3.8, 4) is 0 Å². The van der Waals surface area contributed by atoms with Crippen molar-refractivity contribution >= 4 is 9.84 Å². The largest absolute Gasteiger partial charge is 0.224 e. The van der Waals surface area contributed by atoms with Gasteiger partial charge in [-0.15, -0.1) is 0 Å². The highest BCUT2D eigenvalue weighted by molar-refractivity contribution is 7.90. The van der Waals surface area contributed by atoms with E-state index in [-0.39, 0.29) is 0 Å². The summed E-state index contributed by atoms with van der Waals surface area (Å²) in [6, 6.07) is 7.09. The summed E-state index contributed by atoms with van der Waals surface area (Å²) in [6.07, 6.45) is 1.99. The van der Waals surface area contributed by atoms with Crippen molar-refractivity contribution in [3.63, 3.8) is 0 Å². The minimum absolute atomic E-state index is 0.451. The van der Waals surface area contributed by atoms with E-state index in [1.165, 1.54) is 6.26 Å². The Morgan fingerprint density at radius 2 is 1.83 bits per heavy atom. The maximum Gasteiger partial charge on any atom is 0.175 e. The zero-order valence-corrected chi connectivity index (χ0v) is 8.06. The van der Waals surface area contributed by atoms with Gasteiger partial charge in [-0.2, -0.15) is 0 Å². The van der Waals surface area contributed by atoms with Gasteiger partial charge in [0.2, 0.25) is 0 Å². The molecule has 0 aromatic heterocycles. The summed E-state index contributed by atoms with van der Waals surface area (Å²) in [5.41, 5.74) is 0.889. The molecule has 1 aromatic carbocycles. The summed E-state index contributed by atoms with van der Waals surface area (Å²) in [7, 11) is -3.05.